The number of pyridine rings is 1. The Labute approximate surface area is 142 Å². The highest BCUT2D eigenvalue weighted by molar-refractivity contribution is 7.98. The molecule has 6 nitrogen and oxygen atoms in total. The van der Waals surface area contributed by atoms with E-state index in [2.05, 4.69) is 20.3 Å². The SMILES string of the molecule is C1CCNCC1.COc1nc(Cl)c(F)c2nc(SC)[nH]c(=O)c12. The molecule has 0 atom stereocenters. The molecule has 23 heavy (non-hydrogen) atoms. The number of fused-ring (bicyclic) bond motifs is 1. The molecule has 0 saturated carbocycles. The highest BCUT2D eigenvalue weighted by Gasteiger charge is 2.18. The molecular weight excluding hydrogens is 343 g/mol. The lowest BCUT2D eigenvalue weighted by molar-refractivity contribution is 0.401. The summed E-state index contributed by atoms with van der Waals surface area (Å²) in [6, 6.07) is 0. The van der Waals surface area contributed by atoms with E-state index in [1.165, 1.54) is 51.2 Å². The number of piperidine rings is 1. The molecule has 1 aliphatic rings. The molecule has 2 aromatic rings. The van der Waals surface area contributed by atoms with E-state index < -0.39 is 11.4 Å². The van der Waals surface area contributed by atoms with Crippen molar-refractivity contribution in [2.24, 2.45) is 0 Å². The van der Waals surface area contributed by atoms with E-state index >= 15 is 0 Å². The number of methoxy groups -OCH3 is 1. The normalized spacial score (nSPS) is 14.3. The minimum absolute atomic E-state index is 0.0483. The fraction of sp³-hybridized carbons (Fsp3) is 0.500. The second kappa shape index (κ2) is 8.47. The summed E-state index contributed by atoms with van der Waals surface area (Å²) in [5.74, 6) is -0.878. The molecule has 0 spiro atoms. The maximum Gasteiger partial charge on any atom is 0.265 e. The lowest BCUT2D eigenvalue weighted by atomic mass is 10.2. The average molecular weight is 361 g/mol. The van der Waals surface area contributed by atoms with Crippen LogP contribution < -0.4 is 15.6 Å². The molecule has 3 heterocycles. The summed E-state index contributed by atoms with van der Waals surface area (Å²) in [6.07, 6.45) is 5.93. The van der Waals surface area contributed by atoms with Gasteiger partial charge in [0.1, 0.15) is 10.9 Å². The molecule has 0 amide bonds. The van der Waals surface area contributed by atoms with Crippen LogP contribution in [0.1, 0.15) is 19.3 Å². The smallest absolute Gasteiger partial charge is 0.265 e. The van der Waals surface area contributed by atoms with Gasteiger partial charge in [0.05, 0.1) is 7.11 Å². The van der Waals surface area contributed by atoms with E-state index in [0.29, 0.717) is 5.16 Å². The van der Waals surface area contributed by atoms with E-state index in [1.54, 1.807) is 6.26 Å². The van der Waals surface area contributed by atoms with Gasteiger partial charge in [0, 0.05) is 0 Å². The van der Waals surface area contributed by atoms with Gasteiger partial charge in [0.2, 0.25) is 5.88 Å². The van der Waals surface area contributed by atoms with Crippen LogP contribution in [0.5, 0.6) is 5.88 Å². The molecule has 1 fully saturated rings. The number of aromatic nitrogens is 3. The molecule has 1 saturated heterocycles. The second-order valence-electron chi connectivity index (χ2n) is 4.84. The Morgan fingerprint density at radius 2 is 1.96 bits per heavy atom. The van der Waals surface area contributed by atoms with Crippen molar-refractivity contribution in [1.29, 1.82) is 0 Å². The van der Waals surface area contributed by atoms with Gasteiger partial charge in [-0.05, 0) is 32.2 Å². The van der Waals surface area contributed by atoms with Gasteiger partial charge in [-0.3, -0.25) is 4.79 Å². The van der Waals surface area contributed by atoms with Gasteiger partial charge in [-0.2, -0.15) is 4.98 Å². The van der Waals surface area contributed by atoms with Gasteiger partial charge in [-0.15, -0.1) is 0 Å². The molecule has 0 aliphatic carbocycles. The fourth-order valence-corrected chi connectivity index (χ4v) is 2.69. The van der Waals surface area contributed by atoms with Gasteiger partial charge in [0.25, 0.3) is 5.56 Å². The van der Waals surface area contributed by atoms with Crippen molar-refractivity contribution in [3.8, 4) is 5.88 Å². The van der Waals surface area contributed by atoms with Crippen molar-refractivity contribution < 1.29 is 9.13 Å². The summed E-state index contributed by atoms with van der Waals surface area (Å²) in [5.41, 5.74) is -0.658. The first kappa shape index (κ1) is 18.0. The minimum Gasteiger partial charge on any atom is -0.480 e. The maximum absolute atomic E-state index is 13.7. The number of H-pyrrole nitrogens is 1. The standard InChI is InChI=1S/C9H7ClFN3O2S.C5H11N/c1-16-8-3-5(4(11)6(10)13-8)12-9(17-2)14-7(3)15;1-2-4-6-5-3-1/h1-2H3,(H,12,14,15);6H,1-5H2. The number of thioether (sulfide) groups is 1. The van der Waals surface area contributed by atoms with Gasteiger partial charge < -0.3 is 15.0 Å². The average Bonchev–Trinajstić information content (AvgIpc) is 2.59. The largest absolute Gasteiger partial charge is 0.480 e. The highest BCUT2D eigenvalue weighted by Crippen LogP contribution is 2.26. The predicted octanol–water partition coefficient (Wildman–Crippen LogP) is 2.60. The van der Waals surface area contributed by atoms with Crippen LogP contribution >= 0.6 is 23.4 Å². The van der Waals surface area contributed by atoms with Crippen LogP contribution in [0.2, 0.25) is 5.15 Å². The Hall–Kier alpha value is -1.38. The fourth-order valence-electron chi connectivity index (χ4n) is 2.15. The molecule has 2 aromatic heterocycles. The zero-order chi connectivity index (χ0) is 16.8. The Kier molecular flexibility index (Phi) is 6.61. The van der Waals surface area contributed by atoms with Crippen molar-refractivity contribution in [3.63, 3.8) is 0 Å². The summed E-state index contributed by atoms with van der Waals surface area (Å²) in [5, 5.41) is 3.16. The number of ether oxygens (including phenoxy) is 1. The summed E-state index contributed by atoms with van der Waals surface area (Å²) >= 11 is 6.78. The first-order valence-electron chi connectivity index (χ1n) is 7.16. The first-order chi connectivity index (χ1) is 11.1. The second-order valence-corrected chi connectivity index (χ2v) is 5.99. The summed E-state index contributed by atoms with van der Waals surface area (Å²) < 4.78 is 18.6. The molecular formula is C14H18ClFN4O2S. The van der Waals surface area contributed by atoms with Crippen LogP contribution in [0.25, 0.3) is 10.9 Å². The number of rotatable bonds is 2. The highest BCUT2D eigenvalue weighted by atomic mass is 35.5. The van der Waals surface area contributed by atoms with E-state index in [0.717, 1.165) is 0 Å². The minimum atomic E-state index is -0.830. The van der Waals surface area contributed by atoms with Crippen LogP contribution in [0.15, 0.2) is 9.95 Å². The van der Waals surface area contributed by atoms with Crippen molar-refractivity contribution in [2.75, 3.05) is 26.5 Å². The molecule has 1 aliphatic heterocycles. The van der Waals surface area contributed by atoms with Crippen LogP contribution in [0.3, 0.4) is 0 Å². The number of hydrogen-bond acceptors (Lipinski definition) is 6. The Morgan fingerprint density at radius 1 is 1.26 bits per heavy atom. The summed E-state index contributed by atoms with van der Waals surface area (Å²) in [4.78, 5) is 21.8. The van der Waals surface area contributed by atoms with Gasteiger partial charge in [-0.1, -0.05) is 29.8 Å². The predicted molar refractivity (Wildman–Crippen MR) is 90.2 cm³/mol. The van der Waals surface area contributed by atoms with Crippen molar-refractivity contribution in [2.45, 2.75) is 24.4 Å². The molecule has 0 aromatic carbocycles. The van der Waals surface area contributed by atoms with E-state index in [-0.39, 0.29) is 21.9 Å². The van der Waals surface area contributed by atoms with Gasteiger partial charge >= 0.3 is 0 Å². The number of halogens is 2. The number of nitrogens with one attached hydrogen (secondary N) is 2. The lowest BCUT2D eigenvalue weighted by Gasteiger charge is -2.08. The first-order valence-corrected chi connectivity index (χ1v) is 8.76. The lowest BCUT2D eigenvalue weighted by Crippen LogP contribution is -2.21. The van der Waals surface area contributed by atoms with Crippen LogP contribution in [-0.4, -0.2) is 41.4 Å². The summed E-state index contributed by atoms with van der Waals surface area (Å²) in [6.45, 7) is 2.50. The number of nitrogens with zero attached hydrogens (tertiary/aromatic N) is 2. The zero-order valence-electron chi connectivity index (χ0n) is 12.9. The van der Waals surface area contributed by atoms with Crippen LogP contribution in [0.4, 0.5) is 4.39 Å². The van der Waals surface area contributed by atoms with E-state index in [4.69, 9.17) is 16.3 Å². The molecule has 0 bridgehead atoms. The molecule has 9 heteroatoms. The monoisotopic (exact) mass is 360 g/mol. The van der Waals surface area contributed by atoms with Gasteiger partial charge in [-0.25, -0.2) is 9.37 Å². The topological polar surface area (TPSA) is 79.9 Å². The third-order valence-electron chi connectivity index (χ3n) is 3.29. The van der Waals surface area contributed by atoms with Crippen molar-refractivity contribution >= 4 is 34.3 Å². The number of hydrogen-bond donors (Lipinski definition) is 2. The Balaban J connectivity index is 0.000000268. The molecule has 2 N–H and O–H groups in total. The molecule has 3 rings (SSSR count). The molecule has 126 valence electrons. The third kappa shape index (κ3) is 4.33. The molecule has 0 radical (unpaired) electrons. The number of aromatic amines is 1. The maximum atomic E-state index is 13.7. The quantitative estimate of drug-likeness (QED) is 0.487. The van der Waals surface area contributed by atoms with Crippen molar-refractivity contribution in [3.05, 3.63) is 21.3 Å². The third-order valence-corrected chi connectivity index (χ3v) is 4.12. The van der Waals surface area contributed by atoms with Crippen molar-refractivity contribution in [1.82, 2.24) is 20.3 Å². The summed E-state index contributed by atoms with van der Waals surface area (Å²) in [7, 11) is 1.32. The Morgan fingerprint density at radius 3 is 2.43 bits per heavy atom. The zero-order valence-corrected chi connectivity index (χ0v) is 14.5. The Bertz CT molecular complexity index is 725. The van der Waals surface area contributed by atoms with Crippen LogP contribution in [-0.2, 0) is 0 Å². The molecule has 0 unspecified atom stereocenters. The van der Waals surface area contributed by atoms with Crippen LogP contribution in [0, 0.1) is 5.82 Å². The van der Waals surface area contributed by atoms with E-state index in [1.807, 2.05) is 0 Å². The van der Waals surface area contributed by atoms with E-state index in [9.17, 15) is 9.18 Å². The van der Waals surface area contributed by atoms with Gasteiger partial charge in [0.15, 0.2) is 16.1 Å².